The second-order valence-electron chi connectivity index (χ2n) is 12.4. The van der Waals surface area contributed by atoms with Crippen LogP contribution in [-0.2, 0) is 27.2 Å². The van der Waals surface area contributed by atoms with Gasteiger partial charge in [0.1, 0.15) is 23.2 Å². The number of nitrogens with zero attached hydrogens (tertiary/aromatic N) is 1. The zero-order valence-corrected chi connectivity index (χ0v) is 26.0. The molecular formula is C34H46F2N4O4. The maximum absolute atomic E-state index is 14.2. The van der Waals surface area contributed by atoms with Crippen LogP contribution in [0.25, 0.3) is 0 Å². The Morgan fingerprint density at radius 1 is 1.11 bits per heavy atom. The average molecular weight is 613 g/mol. The van der Waals surface area contributed by atoms with Gasteiger partial charge in [-0.2, -0.15) is 0 Å². The molecule has 0 saturated carbocycles. The molecule has 0 radical (unpaired) electrons. The van der Waals surface area contributed by atoms with Gasteiger partial charge in [-0.15, -0.1) is 0 Å². The van der Waals surface area contributed by atoms with E-state index in [1.54, 1.807) is 4.90 Å². The lowest BCUT2D eigenvalue weighted by molar-refractivity contribution is -0.144. The number of aliphatic hydroxyl groups excluding tert-OH is 1. The maximum atomic E-state index is 14.2. The predicted octanol–water partition coefficient (Wildman–Crippen LogP) is 3.65. The number of amides is 3. The minimum Gasteiger partial charge on any atom is -0.389 e. The van der Waals surface area contributed by atoms with Gasteiger partial charge < -0.3 is 26.0 Å². The second-order valence-corrected chi connectivity index (χ2v) is 12.4. The van der Waals surface area contributed by atoms with Gasteiger partial charge in [0, 0.05) is 25.6 Å². The number of halogens is 2. The van der Waals surface area contributed by atoms with Gasteiger partial charge in [0.2, 0.25) is 17.7 Å². The quantitative estimate of drug-likeness (QED) is 0.276. The molecule has 0 aromatic heterocycles. The molecule has 4 rings (SSSR count). The number of likely N-dealkylation sites (tertiary alicyclic amines) is 1. The second kappa shape index (κ2) is 15.1. The highest BCUT2D eigenvalue weighted by Crippen LogP contribution is 2.34. The number of nitrogens with one attached hydrogen (secondary N) is 3. The molecule has 2 aromatic rings. The molecule has 2 aliphatic heterocycles. The van der Waals surface area contributed by atoms with E-state index < -0.39 is 41.3 Å². The minimum atomic E-state index is -1.12. The first-order valence-electron chi connectivity index (χ1n) is 15.8. The van der Waals surface area contributed by atoms with Crippen molar-refractivity contribution in [2.45, 2.75) is 102 Å². The highest BCUT2D eigenvalue weighted by atomic mass is 19.1. The van der Waals surface area contributed by atoms with Crippen LogP contribution < -0.4 is 16.0 Å². The molecule has 3 amide bonds. The monoisotopic (exact) mass is 612 g/mol. The zero-order chi connectivity index (χ0) is 31.9. The molecule has 2 aromatic carbocycles. The summed E-state index contributed by atoms with van der Waals surface area (Å²) in [5, 5.41) is 20.7. The van der Waals surface area contributed by atoms with Crippen molar-refractivity contribution in [3.8, 4) is 0 Å². The van der Waals surface area contributed by atoms with E-state index in [1.165, 1.54) is 19.1 Å². The molecule has 0 bridgehead atoms. The van der Waals surface area contributed by atoms with Crippen LogP contribution in [0, 0.1) is 17.6 Å². The molecular weight excluding hydrogens is 566 g/mol. The van der Waals surface area contributed by atoms with Gasteiger partial charge >= 0.3 is 0 Å². The summed E-state index contributed by atoms with van der Waals surface area (Å²) in [6.07, 6.45) is 3.41. The standard InChI is InChI=1S/C34H46F2N4O4/c1-4-22(2)34(39-23(3)41)15-17-40(33(34)44)30(14-13-24-10-6-5-7-11-24)32(43)38-29(31(42)28-12-8-9-16-37-28)20-25-18-26(35)21-27(36)19-25/h5-7,10-11,18-19,21-22,28-31,37,42H,4,8-9,12-17,20H2,1-3H3,(H,38,43)(H,39,41)/t22-,28-,29+,30+,31-,34+/m1/s1. The Morgan fingerprint density at radius 3 is 2.43 bits per heavy atom. The Balaban J connectivity index is 1.64. The van der Waals surface area contributed by atoms with E-state index in [0.717, 1.165) is 31.0 Å². The number of rotatable bonds is 13. The molecule has 44 heavy (non-hydrogen) atoms. The number of aliphatic hydroxyl groups is 1. The fourth-order valence-corrected chi connectivity index (χ4v) is 6.76. The van der Waals surface area contributed by atoms with Crippen LogP contribution in [0.2, 0.25) is 0 Å². The van der Waals surface area contributed by atoms with E-state index in [1.807, 2.05) is 44.2 Å². The molecule has 0 aliphatic carbocycles. The first kappa shape index (κ1) is 33.5. The molecule has 2 saturated heterocycles. The molecule has 240 valence electrons. The Bertz CT molecular complexity index is 1270. The number of aryl methyl sites for hydroxylation is 1. The van der Waals surface area contributed by atoms with E-state index in [4.69, 9.17) is 0 Å². The maximum Gasteiger partial charge on any atom is 0.249 e. The van der Waals surface area contributed by atoms with Crippen LogP contribution in [-0.4, -0.2) is 70.6 Å². The summed E-state index contributed by atoms with van der Waals surface area (Å²) < 4.78 is 28.2. The summed E-state index contributed by atoms with van der Waals surface area (Å²) >= 11 is 0. The first-order chi connectivity index (χ1) is 21.0. The average Bonchev–Trinajstić information content (AvgIpc) is 3.32. The Hall–Kier alpha value is -3.37. The fraction of sp³-hybridized carbons (Fsp3) is 0.559. The summed E-state index contributed by atoms with van der Waals surface area (Å²) in [5.74, 6) is -2.69. The lowest BCUT2D eigenvalue weighted by atomic mass is 9.81. The molecule has 0 spiro atoms. The molecule has 6 atom stereocenters. The van der Waals surface area contributed by atoms with E-state index in [-0.39, 0.29) is 36.7 Å². The number of hydrogen-bond donors (Lipinski definition) is 4. The van der Waals surface area contributed by atoms with Crippen molar-refractivity contribution in [2.24, 2.45) is 5.92 Å². The number of benzene rings is 2. The highest BCUT2D eigenvalue weighted by molar-refractivity contribution is 5.96. The van der Waals surface area contributed by atoms with Crippen molar-refractivity contribution in [1.29, 1.82) is 0 Å². The highest BCUT2D eigenvalue weighted by Gasteiger charge is 2.53. The van der Waals surface area contributed by atoms with Gasteiger partial charge in [-0.1, -0.05) is 57.0 Å². The predicted molar refractivity (Wildman–Crippen MR) is 165 cm³/mol. The van der Waals surface area contributed by atoms with Crippen LogP contribution in [0.15, 0.2) is 48.5 Å². The summed E-state index contributed by atoms with van der Waals surface area (Å²) in [7, 11) is 0. The Kier molecular flexibility index (Phi) is 11.5. The van der Waals surface area contributed by atoms with Gasteiger partial charge in [-0.3, -0.25) is 14.4 Å². The zero-order valence-electron chi connectivity index (χ0n) is 26.0. The van der Waals surface area contributed by atoms with Crippen LogP contribution in [0.5, 0.6) is 0 Å². The van der Waals surface area contributed by atoms with Crippen LogP contribution in [0.4, 0.5) is 8.78 Å². The van der Waals surface area contributed by atoms with Crippen molar-refractivity contribution in [1.82, 2.24) is 20.9 Å². The minimum absolute atomic E-state index is 0.00180. The lowest BCUT2D eigenvalue weighted by Gasteiger charge is -2.37. The summed E-state index contributed by atoms with van der Waals surface area (Å²) in [6.45, 7) is 6.28. The van der Waals surface area contributed by atoms with Gasteiger partial charge in [0.15, 0.2) is 0 Å². The van der Waals surface area contributed by atoms with E-state index in [2.05, 4.69) is 16.0 Å². The SMILES string of the molecule is CC[C@@H](C)[C@@]1(NC(C)=O)CCN([C@@H](CCc2ccccc2)C(=O)N[C@@H](Cc2cc(F)cc(F)c2)[C@H](O)[C@H]2CCCCN2)C1=O. The molecule has 2 heterocycles. The summed E-state index contributed by atoms with van der Waals surface area (Å²) in [5.41, 5.74) is 0.197. The number of piperidine rings is 1. The molecule has 10 heteroatoms. The van der Waals surface area contributed by atoms with Crippen LogP contribution in [0.3, 0.4) is 0 Å². The van der Waals surface area contributed by atoms with E-state index in [9.17, 15) is 28.3 Å². The third-order valence-electron chi connectivity index (χ3n) is 9.35. The number of carbonyl (C=O) groups is 3. The molecule has 8 nitrogen and oxygen atoms in total. The smallest absolute Gasteiger partial charge is 0.249 e. The third-order valence-corrected chi connectivity index (χ3v) is 9.35. The normalized spacial score (nSPS) is 23.1. The van der Waals surface area contributed by atoms with E-state index >= 15 is 0 Å². The van der Waals surface area contributed by atoms with E-state index in [0.29, 0.717) is 37.7 Å². The molecule has 4 N–H and O–H groups in total. The summed E-state index contributed by atoms with van der Waals surface area (Å²) in [6, 6.07) is 10.8. The lowest BCUT2D eigenvalue weighted by Crippen LogP contribution is -2.61. The fourth-order valence-electron chi connectivity index (χ4n) is 6.76. The topological polar surface area (TPSA) is 111 Å². The van der Waals surface area contributed by atoms with Crippen LogP contribution in [0.1, 0.15) is 70.4 Å². The first-order valence-corrected chi connectivity index (χ1v) is 15.8. The van der Waals surface area contributed by atoms with Crippen molar-refractivity contribution >= 4 is 17.7 Å². The Labute approximate surface area is 259 Å². The molecule has 2 fully saturated rings. The van der Waals surface area contributed by atoms with Gasteiger partial charge in [-0.05, 0) is 74.2 Å². The van der Waals surface area contributed by atoms with Crippen LogP contribution >= 0.6 is 0 Å². The van der Waals surface area contributed by atoms with Crippen molar-refractivity contribution in [3.05, 3.63) is 71.3 Å². The molecule has 0 unspecified atom stereocenters. The van der Waals surface area contributed by atoms with Crippen molar-refractivity contribution < 1.29 is 28.3 Å². The largest absolute Gasteiger partial charge is 0.389 e. The van der Waals surface area contributed by atoms with Gasteiger partial charge in [-0.25, -0.2) is 8.78 Å². The number of carbonyl (C=O) groups excluding carboxylic acids is 3. The molecule has 2 aliphatic rings. The van der Waals surface area contributed by atoms with Crippen molar-refractivity contribution in [2.75, 3.05) is 13.1 Å². The summed E-state index contributed by atoms with van der Waals surface area (Å²) in [4.78, 5) is 42.2. The Morgan fingerprint density at radius 2 is 1.82 bits per heavy atom. The van der Waals surface area contributed by atoms with Crippen molar-refractivity contribution in [3.63, 3.8) is 0 Å². The van der Waals surface area contributed by atoms with Gasteiger partial charge in [0.25, 0.3) is 0 Å². The van der Waals surface area contributed by atoms with Gasteiger partial charge in [0.05, 0.1) is 12.1 Å². The number of hydrogen-bond acceptors (Lipinski definition) is 5. The third kappa shape index (κ3) is 8.01.